The van der Waals surface area contributed by atoms with E-state index >= 15 is 0 Å². The van der Waals surface area contributed by atoms with E-state index in [4.69, 9.17) is 18.6 Å². The lowest BCUT2D eigenvalue weighted by Gasteiger charge is -2.45. The number of rotatable bonds is 7. The maximum Gasteiger partial charge on any atom is 0.291 e. The first-order chi connectivity index (χ1) is 14.7. The van der Waals surface area contributed by atoms with Crippen LogP contribution in [-0.2, 0) is 20.8 Å². The lowest BCUT2D eigenvalue weighted by atomic mass is 9.83. The Morgan fingerprint density at radius 2 is 2.03 bits per heavy atom. The van der Waals surface area contributed by atoms with Crippen LogP contribution < -0.4 is 0 Å². The summed E-state index contributed by atoms with van der Waals surface area (Å²) >= 11 is 0. The van der Waals surface area contributed by atoms with Crippen molar-refractivity contribution in [2.45, 2.75) is 50.9 Å². The van der Waals surface area contributed by atoms with Gasteiger partial charge in [-0.25, -0.2) is 4.98 Å². The number of carbonyl (C=O) groups is 1. The van der Waals surface area contributed by atoms with Crippen LogP contribution in [0.25, 0.3) is 0 Å². The van der Waals surface area contributed by atoms with Crippen molar-refractivity contribution in [2.75, 3.05) is 32.9 Å². The predicted octanol–water partition coefficient (Wildman–Crippen LogP) is 3.37. The Hall–Kier alpha value is -2.22. The van der Waals surface area contributed by atoms with Gasteiger partial charge in [0.15, 0.2) is 6.39 Å². The summed E-state index contributed by atoms with van der Waals surface area (Å²) in [6.45, 7) is 5.58. The lowest BCUT2D eigenvalue weighted by molar-refractivity contribution is -0.155. The highest BCUT2D eigenvalue weighted by Gasteiger charge is 2.42. The number of piperidine rings is 1. The summed E-state index contributed by atoms with van der Waals surface area (Å²) in [6.07, 6.45) is 4.91. The molecule has 2 aliphatic rings. The number of nitrogens with zero attached hydrogens (tertiary/aromatic N) is 2. The molecule has 0 saturated carbocycles. The molecule has 2 aliphatic heterocycles. The van der Waals surface area contributed by atoms with Crippen molar-refractivity contribution in [2.24, 2.45) is 0 Å². The number of benzene rings is 1. The molecule has 7 heteroatoms. The maximum atomic E-state index is 12.6. The second-order valence-electron chi connectivity index (χ2n) is 8.11. The molecule has 1 amide bonds. The van der Waals surface area contributed by atoms with Crippen LogP contribution in [0, 0.1) is 6.92 Å². The third-order valence-electron chi connectivity index (χ3n) is 6.04. The molecular weight excluding hydrogens is 384 g/mol. The molecule has 3 heterocycles. The van der Waals surface area contributed by atoms with E-state index in [-0.39, 0.29) is 17.6 Å². The maximum absolute atomic E-state index is 12.6. The molecule has 0 aliphatic carbocycles. The van der Waals surface area contributed by atoms with Crippen molar-refractivity contribution in [3.05, 3.63) is 53.7 Å². The molecule has 1 aromatic carbocycles. The smallest absolute Gasteiger partial charge is 0.291 e. The predicted molar refractivity (Wildman–Crippen MR) is 110 cm³/mol. The molecule has 4 rings (SSSR count). The minimum atomic E-state index is -0.193. The molecule has 0 radical (unpaired) electrons. The molecule has 2 saturated heterocycles. The highest BCUT2D eigenvalue weighted by molar-refractivity contribution is 5.92. The van der Waals surface area contributed by atoms with E-state index in [0.717, 1.165) is 25.7 Å². The van der Waals surface area contributed by atoms with Gasteiger partial charge in [0.25, 0.3) is 5.91 Å². The summed E-state index contributed by atoms with van der Waals surface area (Å²) in [5.41, 5.74) is 1.61. The number of ether oxygens (including phenoxy) is 3. The van der Waals surface area contributed by atoms with Crippen LogP contribution in [0.4, 0.5) is 0 Å². The average molecular weight is 415 g/mol. The Kier molecular flexibility index (Phi) is 6.82. The van der Waals surface area contributed by atoms with Gasteiger partial charge in [0.2, 0.25) is 5.76 Å². The SMILES string of the molecule is Cc1ncoc1C(=O)N1CCC2(CC1)CC(OCCOCc1ccccc1)CCO2. The van der Waals surface area contributed by atoms with Gasteiger partial charge in [-0.05, 0) is 31.7 Å². The first-order valence-electron chi connectivity index (χ1n) is 10.7. The molecule has 0 N–H and O–H groups in total. The largest absolute Gasteiger partial charge is 0.438 e. The van der Waals surface area contributed by atoms with Crippen molar-refractivity contribution in [1.29, 1.82) is 0 Å². The van der Waals surface area contributed by atoms with E-state index in [1.807, 2.05) is 23.1 Å². The molecule has 7 nitrogen and oxygen atoms in total. The van der Waals surface area contributed by atoms with Gasteiger partial charge in [-0.1, -0.05) is 30.3 Å². The quantitative estimate of drug-likeness (QED) is 0.647. The number of hydrogen-bond acceptors (Lipinski definition) is 6. The molecular formula is C23H30N2O5. The summed E-state index contributed by atoms with van der Waals surface area (Å²) in [5.74, 6) is 0.256. The first kappa shape index (κ1) is 21.0. The van der Waals surface area contributed by atoms with Gasteiger partial charge in [0.05, 0.1) is 37.2 Å². The average Bonchev–Trinajstić information content (AvgIpc) is 3.20. The minimum absolute atomic E-state index is 0.0842. The highest BCUT2D eigenvalue weighted by atomic mass is 16.5. The highest BCUT2D eigenvalue weighted by Crippen LogP contribution is 2.36. The van der Waals surface area contributed by atoms with Gasteiger partial charge in [0, 0.05) is 26.1 Å². The standard InChI is InChI=1S/C23H30N2O5/c1-18-21(29-17-24-18)22(26)25-10-8-23(9-11-25)15-20(7-12-30-23)28-14-13-27-16-19-5-3-2-4-6-19/h2-6,17,20H,7-16H2,1H3. The molecule has 0 bridgehead atoms. The Labute approximate surface area is 177 Å². The van der Waals surface area contributed by atoms with Gasteiger partial charge in [0.1, 0.15) is 0 Å². The van der Waals surface area contributed by atoms with E-state index in [1.165, 1.54) is 12.0 Å². The number of hydrogen-bond donors (Lipinski definition) is 0. The zero-order chi connectivity index (χ0) is 20.8. The van der Waals surface area contributed by atoms with Crippen molar-refractivity contribution >= 4 is 5.91 Å². The third kappa shape index (κ3) is 5.09. The summed E-state index contributed by atoms with van der Waals surface area (Å²) in [4.78, 5) is 18.5. The van der Waals surface area contributed by atoms with E-state index in [2.05, 4.69) is 17.1 Å². The second kappa shape index (κ2) is 9.73. The number of aryl methyl sites for hydroxylation is 1. The van der Waals surface area contributed by atoms with Crippen molar-refractivity contribution < 1.29 is 23.4 Å². The summed E-state index contributed by atoms with van der Waals surface area (Å²) in [6, 6.07) is 10.2. The van der Waals surface area contributed by atoms with Gasteiger partial charge in [-0.3, -0.25) is 4.79 Å². The van der Waals surface area contributed by atoms with Gasteiger partial charge < -0.3 is 23.5 Å². The summed E-state index contributed by atoms with van der Waals surface area (Å²) < 4.78 is 23.2. The molecule has 1 spiro atoms. The van der Waals surface area contributed by atoms with Crippen molar-refractivity contribution in [3.8, 4) is 0 Å². The Morgan fingerprint density at radius 3 is 2.77 bits per heavy atom. The van der Waals surface area contributed by atoms with E-state index in [9.17, 15) is 4.79 Å². The van der Waals surface area contributed by atoms with E-state index in [0.29, 0.717) is 51.0 Å². The van der Waals surface area contributed by atoms with Crippen molar-refractivity contribution in [3.63, 3.8) is 0 Å². The number of amides is 1. The van der Waals surface area contributed by atoms with Crippen LogP contribution >= 0.6 is 0 Å². The molecule has 1 unspecified atom stereocenters. The first-order valence-corrected chi connectivity index (χ1v) is 10.7. The Bertz CT molecular complexity index is 814. The Balaban J connectivity index is 1.19. The molecule has 162 valence electrons. The van der Waals surface area contributed by atoms with Crippen LogP contribution in [0.5, 0.6) is 0 Å². The second-order valence-corrected chi connectivity index (χ2v) is 8.11. The summed E-state index contributed by atoms with van der Waals surface area (Å²) in [7, 11) is 0. The zero-order valence-electron chi connectivity index (χ0n) is 17.5. The molecule has 1 aromatic heterocycles. The molecule has 2 aromatic rings. The van der Waals surface area contributed by atoms with Crippen LogP contribution in [-0.4, -0.2) is 60.4 Å². The normalized spacial score (nSPS) is 21.1. The van der Waals surface area contributed by atoms with Crippen LogP contribution in [0.2, 0.25) is 0 Å². The minimum Gasteiger partial charge on any atom is -0.438 e. The zero-order valence-corrected chi connectivity index (χ0v) is 17.5. The fourth-order valence-corrected chi connectivity index (χ4v) is 4.28. The molecule has 1 atom stereocenters. The number of carbonyl (C=O) groups excluding carboxylic acids is 1. The Morgan fingerprint density at radius 1 is 1.23 bits per heavy atom. The summed E-state index contributed by atoms with van der Waals surface area (Å²) in [5, 5.41) is 0. The number of aromatic nitrogens is 1. The van der Waals surface area contributed by atoms with Crippen LogP contribution in [0.15, 0.2) is 41.1 Å². The van der Waals surface area contributed by atoms with E-state index in [1.54, 1.807) is 6.92 Å². The fourth-order valence-electron chi connectivity index (χ4n) is 4.28. The monoisotopic (exact) mass is 414 g/mol. The van der Waals surface area contributed by atoms with Gasteiger partial charge in [-0.2, -0.15) is 0 Å². The molecule has 2 fully saturated rings. The lowest BCUT2D eigenvalue weighted by Crippen LogP contribution is -2.52. The molecule has 30 heavy (non-hydrogen) atoms. The van der Waals surface area contributed by atoms with Crippen LogP contribution in [0.1, 0.15) is 47.5 Å². The van der Waals surface area contributed by atoms with Gasteiger partial charge in [-0.15, -0.1) is 0 Å². The third-order valence-corrected chi connectivity index (χ3v) is 6.04. The van der Waals surface area contributed by atoms with Gasteiger partial charge >= 0.3 is 0 Å². The topological polar surface area (TPSA) is 74.0 Å². The number of oxazole rings is 1. The van der Waals surface area contributed by atoms with E-state index < -0.39 is 0 Å². The van der Waals surface area contributed by atoms with Crippen LogP contribution in [0.3, 0.4) is 0 Å². The number of likely N-dealkylation sites (tertiary alicyclic amines) is 1. The fraction of sp³-hybridized carbons (Fsp3) is 0.565. The van der Waals surface area contributed by atoms with Crippen molar-refractivity contribution in [1.82, 2.24) is 9.88 Å².